The average Bonchev–Trinajstić information content (AvgIpc) is 2.18. The van der Waals surface area contributed by atoms with Crippen LogP contribution in [0.1, 0.15) is 5.56 Å². The molecule has 0 bridgehead atoms. The van der Waals surface area contributed by atoms with E-state index in [1.807, 2.05) is 0 Å². The van der Waals surface area contributed by atoms with Crippen LogP contribution in [0.3, 0.4) is 0 Å². The normalized spacial score (nSPS) is 13.0. The van der Waals surface area contributed by atoms with Gasteiger partial charge in [-0.2, -0.15) is 13.2 Å². The lowest BCUT2D eigenvalue weighted by molar-refractivity contribution is -0.0561. The Kier molecular flexibility index (Phi) is 4.47. The number of aliphatic imine (C=N–C) groups is 1. The van der Waals surface area contributed by atoms with Gasteiger partial charge in [0.25, 0.3) is 0 Å². The number of alkyl halides is 3. The first-order chi connectivity index (χ1) is 7.30. The van der Waals surface area contributed by atoms with Crippen molar-refractivity contribution in [3.8, 4) is 0 Å². The second kappa shape index (κ2) is 5.25. The first kappa shape index (κ1) is 13.6. The Morgan fingerprint density at radius 1 is 1.19 bits per heavy atom. The van der Waals surface area contributed by atoms with Gasteiger partial charge >= 0.3 is 6.18 Å². The molecule has 0 saturated carbocycles. The number of hydrogen-bond acceptors (Lipinski definition) is 1. The quantitative estimate of drug-likeness (QED) is 0.701. The van der Waals surface area contributed by atoms with E-state index in [9.17, 15) is 13.2 Å². The molecule has 0 atom stereocenters. The number of rotatable bonds is 2. The molecule has 0 aliphatic heterocycles. The molecular formula is C9H5Cl3F3N. The van der Waals surface area contributed by atoms with E-state index in [0.717, 1.165) is 0 Å². The van der Waals surface area contributed by atoms with Gasteiger partial charge in [-0.3, -0.25) is 4.99 Å². The van der Waals surface area contributed by atoms with E-state index in [1.54, 1.807) is 0 Å². The predicted octanol–water partition coefficient (Wildman–Crippen LogP) is 4.69. The van der Waals surface area contributed by atoms with E-state index in [1.165, 1.54) is 18.2 Å². The van der Waals surface area contributed by atoms with E-state index < -0.39 is 11.3 Å². The summed E-state index contributed by atoms with van der Waals surface area (Å²) in [6.07, 6.45) is -4.61. The smallest absolute Gasteiger partial charge is 0.265 e. The maximum absolute atomic E-state index is 12.0. The second-order valence-corrected chi connectivity index (χ2v) is 4.03. The van der Waals surface area contributed by atoms with Crippen molar-refractivity contribution in [2.75, 3.05) is 0 Å². The highest BCUT2D eigenvalue weighted by atomic mass is 35.5. The highest BCUT2D eigenvalue weighted by Crippen LogP contribution is 2.24. The van der Waals surface area contributed by atoms with Crippen LogP contribution in [0, 0.1) is 0 Å². The van der Waals surface area contributed by atoms with Gasteiger partial charge in [0, 0.05) is 0 Å². The second-order valence-electron chi connectivity index (χ2n) is 2.85. The minimum Gasteiger partial charge on any atom is -0.265 e. The van der Waals surface area contributed by atoms with Crippen molar-refractivity contribution in [3.05, 3.63) is 33.8 Å². The first-order valence-corrected chi connectivity index (χ1v) is 5.15. The minimum atomic E-state index is -4.61. The van der Waals surface area contributed by atoms with Crippen LogP contribution < -0.4 is 0 Å². The van der Waals surface area contributed by atoms with Gasteiger partial charge in [0.15, 0.2) is 0 Å². The predicted molar refractivity (Wildman–Crippen MR) is 59.5 cm³/mol. The third-order valence-electron chi connectivity index (χ3n) is 1.62. The van der Waals surface area contributed by atoms with Crippen LogP contribution in [0.25, 0.3) is 0 Å². The summed E-state index contributed by atoms with van der Waals surface area (Å²) in [5.41, 5.74) is 0.497. The monoisotopic (exact) mass is 289 g/mol. The molecule has 0 aliphatic rings. The third kappa shape index (κ3) is 3.85. The first-order valence-electron chi connectivity index (χ1n) is 4.02. The lowest BCUT2D eigenvalue weighted by Gasteiger charge is -2.04. The van der Waals surface area contributed by atoms with Crippen molar-refractivity contribution < 1.29 is 13.2 Å². The lowest BCUT2D eigenvalue weighted by Crippen LogP contribution is -2.17. The highest BCUT2D eigenvalue weighted by molar-refractivity contribution is 6.66. The molecule has 7 heteroatoms. The molecule has 0 aliphatic carbocycles. The summed E-state index contributed by atoms with van der Waals surface area (Å²) in [6.45, 7) is -0.199. The Balaban J connectivity index is 2.79. The SMILES string of the molecule is FC(F)(F)/C(Cl)=N\Cc1ccc(Cl)c(Cl)c1. The Morgan fingerprint density at radius 3 is 2.31 bits per heavy atom. The number of nitrogens with zero attached hydrogens (tertiary/aromatic N) is 1. The zero-order valence-electron chi connectivity index (χ0n) is 7.65. The van der Waals surface area contributed by atoms with E-state index >= 15 is 0 Å². The molecule has 1 aromatic carbocycles. The molecule has 1 aromatic rings. The van der Waals surface area contributed by atoms with E-state index in [4.69, 9.17) is 34.8 Å². The van der Waals surface area contributed by atoms with Crippen LogP contribution in [0.2, 0.25) is 10.0 Å². The minimum absolute atomic E-state index is 0.199. The van der Waals surface area contributed by atoms with Crippen LogP contribution in [0.4, 0.5) is 13.2 Å². The summed E-state index contributed by atoms with van der Waals surface area (Å²) in [4.78, 5) is 3.19. The van der Waals surface area contributed by atoms with Gasteiger partial charge in [0.2, 0.25) is 5.17 Å². The summed E-state index contributed by atoms with van der Waals surface area (Å²) in [6, 6.07) is 4.45. The fourth-order valence-corrected chi connectivity index (χ4v) is 1.27. The van der Waals surface area contributed by atoms with Gasteiger partial charge in [-0.1, -0.05) is 40.9 Å². The van der Waals surface area contributed by atoms with Gasteiger partial charge in [-0.15, -0.1) is 0 Å². The highest BCUT2D eigenvalue weighted by Gasteiger charge is 2.34. The van der Waals surface area contributed by atoms with E-state index in [0.29, 0.717) is 10.6 Å². The van der Waals surface area contributed by atoms with Gasteiger partial charge in [-0.05, 0) is 17.7 Å². The van der Waals surface area contributed by atoms with Crippen molar-refractivity contribution in [1.29, 1.82) is 0 Å². The molecule has 16 heavy (non-hydrogen) atoms. The van der Waals surface area contributed by atoms with Crippen LogP contribution in [-0.4, -0.2) is 11.3 Å². The fraction of sp³-hybridized carbons (Fsp3) is 0.222. The molecule has 0 heterocycles. The summed E-state index contributed by atoms with van der Waals surface area (Å²) in [5, 5.41) is -0.799. The van der Waals surface area contributed by atoms with Crippen molar-refractivity contribution in [2.45, 2.75) is 12.7 Å². The van der Waals surface area contributed by atoms with Crippen LogP contribution in [0.15, 0.2) is 23.2 Å². The standard InChI is InChI=1S/C9H5Cl3F3N/c10-6-2-1-5(3-7(6)11)4-16-8(12)9(13,14)15/h1-3H,4H2/b16-8+. The number of halogens is 6. The van der Waals surface area contributed by atoms with Gasteiger partial charge in [-0.25, -0.2) is 0 Å². The molecule has 0 saturated heterocycles. The zero-order chi connectivity index (χ0) is 12.3. The fourth-order valence-electron chi connectivity index (χ4n) is 0.888. The van der Waals surface area contributed by atoms with Crippen molar-refractivity contribution in [1.82, 2.24) is 0 Å². The van der Waals surface area contributed by atoms with Crippen molar-refractivity contribution in [3.63, 3.8) is 0 Å². The molecule has 1 nitrogen and oxygen atoms in total. The van der Waals surface area contributed by atoms with Gasteiger partial charge in [0.05, 0.1) is 16.6 Å². The summed E-state index contributed by atoms with van der Waals surface area (Å²) >= 11 is 16.3. The largest absolute Gasteiger partial charge is 0.444 e. The lowest BCUT2D eigenvalue weighted by atomic mass is 10.2. The van der Waals surface area contributed by atoms with E-state index in [2.05, 4.69) is 4.99 Å². The molecule has 0 amide bonds. The third-order valence-corrected chi connectivity index (χ3v) is 2.69. The summed E-state index contributed by atoms with van der Waals surface area (Å²) in [7, 11) is 0. The van der Waals surface area contributed by atoms with Crippen LogP contribution in [0.5, 0.6) is 0 Å². The Hall–Kier alpha value is -0.450. The topological polar surface area (TPSA) is 12.4 Å². The summed E-state index contributed by atoms with van der Waals surface area (Å²) < 4.78 is 36.0. The number of benzene rings is 1. The maximum atomic E-state index is 12.0. The molecule has 0 fully saturated rings. The number of hydrogen-bond donors (Lipinski definition) is 0. The molecular weight excluding hydrogens is 285 g/mol. The summed E-state index contributed by atoms with van der Waals surface area (Å²) in [5.74, 6) is 0. The Labute approximate surface area is 105 Å². The van der Waals surface area contributed by atoms with Gasteiger partial charge in [0.1, 0.15) is 0 Å². The molecule has 0 N–H and O–H groups in total. The maximum Gasteiger partial charge on any atom is 0.444 e. The molecule has 0 spiro atoms. The van der Waals surface area contributed by atoms with E-state index in [-0.39, 0.29) is 11.6 Å². The molecule has 0 radical (unpaired) electrons. The Morgan fingerprint density at radius 2 is 1.81 bits per heavy atom. The van der Waals surface area contributed by atoms with Gasteiger partial charge < -0.3 is 0 Å². The van der Waals surface area contributed by atoms with Crippen molar-refractivity contribution >= 4 is 40.0 Å². The molecule has 1 rings (SSSR count). The zero-order valence-corrected chi connectivity index (χ0v) is 9.92. The molecule has 88 valence electrons. The van der Waals surface area contributed by atoms with Crippen LogP contribution in [-0.2, 0) is 6.54 Å². The van der Waals surface area contributed by atoms with Crippen molar-refractivity contribution in [2.24, 2.45) is 4.99 Å². The Bertz CT molecular complexity index is 415. The van der Waals surface area contributed by atoms with Crippen LogP contribution >= 0.6 is 34.8 Å². The molecule has 0 aromatic heterocycles. The molecule has 0 unspecified atom stereocenters. The average molecular weight is 290 g/mol.